The van der Waals surface area contributed by atoms with Gasteiger partial charge in [0, 0.05) is 19.9 Å². The summed E-state index contributed by atoms with van der Waals surface area (Å²) in [6.45, 7) is 2.55. The van der Waals surface area contributed by atoms with Gasteiger partial charge in [-0.3, -0.25) is 4.57 Å². The van der Waals surface area contributed by atoms with Gasteiger partial charge >= 0.3 is 7.60 Å². The van der Waals surface area contributed by atoms with Crippen LogP contribution < -0.4 is 10.1 Å². The fraction of sp³-hybridized carbons (Fsp3) is 0.294. The highest BCUT2D eigenvalue weighted by Gasteiger charge is 2.35. The van der Waals surface area contributed by atoms with Crippen molar-refractivity contribution >= 4 is 13.3 Å². The van der Waals surface area contributed by atoms with Crippen molar-refractivity contribution in [3.63, 3.8) is 0 Å². The monoisotopic (exact) mass is 335 g/mol. The molecule has 5 nitrogen and oxygen atoms in total. The highest BCUT2D eigenvalue weighted by atomic mass is 31.2. The SMILES string of the molecule is CCOc1ccc(N[C@H](c2ccccc2)P(=O)(OC)OC)cc1. The van der Waals surface area contributed by atoms with E-state index in [1.54, 1.807) is 0 Å². The molecule has 0 saturated carbocycles. The quantitative estimate of drug-likeness (QED) is 0.710. The van der Waals surface area contributed by atoms with E-state index < -0.39 is 13.4 Å². The molecule has 0 amide bonds. The zero-order chi connectivity index (χ0) is 16.7. The van der Waals surface area contributed by atoms with Gasteiger partial charge in [0.1, 0.15) is 5.75 Å². The van der Waals surface area contributed by atoms with E-state index in [9.17, 15) is 4.57 Å². The molecule has 2 aromatic rings. The molecule has 0 aliphatic heterocycles. The lowest BCUT2D eigenvalue weighted by atomic mass is 10.2. The molecule has 0 fully saturated rings. The molecule has 0 unspecified atom stereocenters. The van der Waals surface area contributed by atoms with E-state index in [-0.39, 0.29) is 0 Å². The average Bonchev–Trinajstić information content (AvgIpc) is 2.61. The van der Waals surface area contributed by atoms with E-state index in [0.717, 1.165) is 17.0 Å². The zero-order valence-electron chi connectivity index (χ0n) is 13.6. The minimum atomic E-state index is -3.35. The third kappa shape index (κ3) is 4.35. The molecule has 6 heteroatoms. The number of anilines is 1. The van der Waals surface area contributed by atoms with E-state index in [0.29, 0.717) is 6.61 Å². The lowest BCUT2D eigenvalue weighted by Crippen LogP contribution is -2.13. The summed E-state index contributed by atoms with van der Waals surface area (Å²) < 4.78 is 28.7. The molecular weight excluding hydrogens is 313 g/mol. The Kier molecular flexibility index (Phi) is 6.22. The molecule has 1 N–H and O–H groups in total. The highest BCUT2D eigenvalue weighted by Crippen LogP contribution is 2.59. The summed E-state index contributed by atoms with van der Waals surface area (Å²) in [7, 11) is -0.568. The van der Waals surface area contributed by atoms with Crippen molar-refractivity contribution in [2.45, 2.75) is 12.7 Å². The molecule has 23 heavy (non-hydrogen) atoms. The van der Waals surface area contributed by atoms with Crippen LogP contribution in [0.2, 0.25) is 0 Å². The van der Waals surface area contributed by atoms with Crippen LogP contribution in [0, 0.1) is 0 Å². The molecule has 0 aliphatic rings. The Hall–Kier alpha value is -1.81. The summed E-state index contributed by atoms with van der Waals surface area (Å²) in [5.74, 6) is 0.188. The van der Waals surface area contributed by atoms with Crippen molar-refractivity contribution in [3.05, 3.63) is 60.2 Å². The van der Waals surface area contributed by atoms with Gasteiger partial charge in [0.05, 0.1) is 6.61 Å². The third-order valence-corrected chi connectivity index (χ3v) is 5.49. The van der Waals surface area contributed by atoms with E-state index in [1.807, 2.05) is 61.5 Å². The van der Waals surface area contributed by atoms with Crippen molar-refractivity contribution in [2.24, 2.45) is 0 Å². The summed E-state index contributed by atoms with van der Waals surface area (Å²) in [4.78, 5) is 0. The molecule has 0 aliphatic carbocycles. The van der Waals surface area contributed by atoms with Gasteiger partial charge in [0.2, 0.25) is 0 Å². The Bertz CT molecular complexity index is 637. The first-order chi connectivity index (χ1) is 11.1. The first-order valence-corrected chi connectivity index (χ1v) is 8.99. The number of ether oxygens (including phenoxy) is 1. The largest absolute Gasteiger partial charge is 0.494 e. The standard InChI is InChI=1S/C17H22NO4P/c1-4-22-16-12-10-15(11-13-16)18-17(23(19,20-2)21-3)14-8-6-5-7-9-14/h5-13,17-18H,4H2,1-3H3/t17-/m0/s1. The Morgan fingerprint density at radius 1 is 1.00 bits per heavy atom. The van der Waals surface area contributed by atoms with Crippen LogP contribution in [0.4, 0.5) is 5.69 Å². The Labute approximate surface area is 137 Å². The predicted molar refractivity (Wildman–Crippen MR) is 92.0 cm³/mol. The molecule has 2 aromatic carbocycles. The number of benzene rings is 2. The van der Waals surface area contributed by atoms with Gasteiger partial charge in [-0.15, -0.1) is 0 Å². The second-order valence-corrected chi connectivity index (χ2v) is 7.15. The number of hydrogen-bond acceptors (Lipinski definition) is 5. The van der Waals surface area contributed by atoms with Crippen LogP contribution in [0.25, 0.3) is 0 Å². The Morgan fingerprint density at radius 2 is 1.61 bits per heavy atom. The molecule has 0 bridgehead atoms. The number of rotatable bonds is 8. The van der Waals surface area contributed by atoms with Crippen LogP contribution >= 0.6 is 7.60 Å². The minimum Gasteiger partial charge on any atom is -0.494 e. The van der Waals surface area contributed by atoms with Gasteiger partial charge in [-0.05, 0) is 36.8 Å². The van der Waals surface area contributed by atoms with Crippen LogP contribution in [0.15, 0.2) is 54.6 Å². The van der Waals surface area contributed by atoms with Crippen LogP contribution in [-0.2, 0) is 13.6 Å². The van der Waals surface area contributed by atoms with Crippen molar-refractivity contribution in [3.8, 4) is 5.75 Å². The first kappa shape index (κ1) is 17.5. The van der Waals surface area contributed by atoms with Crippen molar-refractivity contribution in [2.75, 3.05) is 26.1 Å². The zero-order valence-corrected chi connectivity index (χ0v) is 14.5. The van der Waals surface area contributed by atoms with Crippen LogP contribution in [0.1, 0.15) is 18.3 Å². The summed E-state index contributed by atoms with van der Waals surface area (Å²) in [5, 5.41) is 3.24. The second-order valence-electron chi connectivity index (χ2n) is 4.82. The lowest BCUT2D eigenvalue weighted by molar-refractivity contribution is 0.268. The maximum Gasteiger partial charge on any atom is 0.356 e. The molecule has 0 saturated heterocycles. The molecule has 124 valence electrons. The van der Waals surface area contributed by atoms with Gasteiger partial charge in [-0.2, -0.15) is 0 Å². The molecule has 0 spiro atoms. The van der Waals surface area contributed by atoms with Crippen molar-refractivity contribution in [1.82, 2.24) is 0 Å². The number of nitrogens with one attached hydrogen (secondary N) is 1. The molecule has 0 radical (unpaired) electrons. The van der Waals surface area contributed by atoms with Gasteiger partial charge in [-0.1, -0.05) is 30.3 Å². The lowest BCUT2D eigenvalue weighted by Gasteiger charge is -2.26. The fourth-order valence-electron chi connectivity index (χ4n) is 2.24. The van der Waals surface area contributed by atoms with Gasteiger partial charge < -0.3 is 19.1 Å². The predicted octanol–water partition coefficient (Wildman–Crippen LogP) is 4.68. The van der Waals surface area contributed by atoms with Crippen LogP contribution in [0.3, 0.4) is 0 Å². The maximum atomic E-state index is 12.9. The smallest absolute Gasteiger partial charge is 0.356 e. The van der Waals surface area contributed by atoms with Gasteiger partial charge in [-0.25, -0.2) is 0 Å². The molecule has 1 atom stereocenters. The van der Waals surface area contributed by atoms with Crippen molar-refractivity contribution < 1.29 is 18.3 Å². The second kappa shape index (κ2) is 8.16. The summed E-state index contributed by atoms with van der Waals surface area (Å²) in [5.41, 5.74) is 1.63. The third-order valence-electron chi connectivity index (χ3n) is 3.41. The Morgan fingerprint density at radius 3 is 2.13 bits per heavy atom. The normalized spacial score (nSPS) is 12.7. The average molecular weight is 335 g/mol. The molecule has 2 rings (SSSR count). The summed E-state index contributed by atoms with van der Waals surface area (Å²) in [6.07, 6.45) is 0. The van der Waals surface area contributed by atoms with E-state index in [2.05, 4.69) is 5.32 Å². The summed E-state index contributed by atoms with van der Waals surface area (Å²) >= 11 is 0. The fourth-order valence-corrected chi connectivity index (χ4v) is 3.65. The van der Waals surface area contributed by atoms with E-state index in [4.69, 9.17) is 13.8 Å². The maximum absolute atomic E-state index is 12.9. The van der Waals surface area contributed by atoms with Crippen molar-refractivity contribution in [1.29, 1.82) is 0 Å². The molecular formula is C17H22NO4P. The Balaban J connectivity index is 2.29. The highest BCUT2D eigenvalue weighted by molar-refractivity contribution is 7.54. The minimum absolute atomic E-state index is 0.600. The topological polar surface area (TPSA) is 56.8 Å². The van der Waals surface area contributed by atoms with E-state index in [1.165, 1.54) is 14.2 Å². The van der Waals surface area contributed by atoms with Crippen LogP contribution in [0.5, 0.6) is 5.75 Å². The van der Waals surface area contributed by atoms with Gasteiger partial charge in [0.15, 0.2) is 5.78 Å². The van der Waals surface area contributed by atoms with E-state index >= 15 is 0 Å². The number of hydrogen-bond donors (Lipinski definition) is 1. The molecule has 0 heterocycles. The first-order valence-electron chi connectivity index (χ1n) is 7.38. The van der Waals surface area contributed by atoms with Crippen LogP contribution in [-0.4, -0.2) is 20.8 Å². The summed E-state index contributed by atoms with van der Waals surface area (Å²) in [6, 6.07) is 16.9. The molecule has 0 aromatic heterocycles. The van der Waals surface area contributed by atoms with Gasteiger partial charge in [0.25, 0.3) is 0 Å².